The third kappa shape index (κ3) is 4.23. The van der Waals surface area contributed by atoms with Crippen LogP contribution >= 0.6 is 0 Å². The molecule has 1 saturated heterocycles. The molecule has 0 saturated carbocycles. The number of hydrogen-bond donors (Lipinski definition) is 1. The summed E-state index contributed by atoms with van der Waals surface area (Å²) in [4.78, 5) is 22.8. The Morgan fingerprint density at radius 2 is 2.05 bits per heavy atom. The fourth-order valence-electron chi connectivity index (χ4n) is 2.63. The molecule has 5 heteroatoms. The van der Waals surface area contributed by atoms with E-state index in [1.807, 2.05) is 18.2 Å². The van der Waals surface area contributed by atoms with E-state index in [1.54, 1.807) is 6.92 Å². The van der Waals surface area contributed by atoms with Crippen LogP contribution < -0.4 is 5.32 Å². The monoisotopic (exact) mass is 305 g/mol. The van der Waals surface area contributed by atoms with Crippen molar-refractivity contribution in [3.63, 3.8) is 0 Å². The number of esters is 1. The molecule has 1 aliphatic rings. The van der Waals surface area contributed by atoms with Crippen LogP contribution in [-0.4, -0.2) is 30.8 Å². The third-order valence-electron chi connectivity index (χ3n) is 3.91. The van der Waals surface area contributed by atoms with Gasteiger partial charge in [-0.05, 0) is 31.2 Å². The number of benzene rings is 1. The minimum Gasteiger partial charge on any atom is -0.458 e. The van der Waals surface area contributed by atoms with Crippen molar-refractivity contribution in [1.29, 1.82) is 0 Å². The molecule has 0 aromatic heterocycles. The van der Waals surface area contributed by atoms with Crippen molar-refractivity contribution in [2.75, 3.05) is 6.61 Å². The van der Waals surface area contributed by atoms with Crippen molar-refractivity contribution in [2.24, 2.45) is 0 Å². The highest BCUT2D eigenvalue weighted by molar-refractivity contribution is 5.86. The van der Waals surface area contributed by atoms with Crippen molar-refractivity contribution in [1.82, 2.24) is 5.32 Å². The van der Waals surface area contributed by atoms with Gasteiger partial charge in [-0.25, -0.2) is 9.59 Å². The Morgan fingerprint density at radius 1 is 1.32 bits per heavy atom. The van der Waals surface area contributed by atoms with Gasteiger partial charge in [-0.15, -0.1) is 0 Å². The van der Waals surface area contributed by atoms with Gasteiger partial charge in [-0.2, -0.15) is 0 Å². The molecule has 1 aromatic carbocycles. The molecular weight excluding hydrogens is 282 g/mol. The average Bonchev–Trinajstić information content (AvgIpc) is 2.53. The van der Waals surface area contributed by atoms with Crippen molar-refractivity contribution in [3.05, 3.63) is 35.9 Å². The summed E-state index contributed by atoms with van der Waals surface area (Å²) in [5.41, 5.74) is 1.27. The van der Waals surface area contributed by atoms with Crippen molar-refractivity contribution >= 4 is 12.1 Å². The van der Waals surface area contributed by atoms with Gasteiger partial charge in [0.25, 0.3) is 0 Å². The first-order valence-corrected chi connectivity index (χ1v) is 7.80. The first-order chi connectivity index (χ1) is 10.6. The molecule has 1 aromatic rings. The van der Waals surface area contributed by atoms with Gasteiger partial charge in [0.1, 0.15) is 6.10 Å². The number of amides is 1. The van der Waals surface area contributed by atoms with E-state index in [2.05, 4.69) is 24.4 Å². The molecule has 1 aliphatic heterocycles. The van der Waals surface area contributed by atoms with E-state index in [0.717, 1.165) is 19.3 Å². The number of carbonyl (C=O) groups is 2. The fourth-order valence-corrected chi connectivity index (χ4v) is 2.63. The van der Waals surface area contributed by atoms with E-state index < -0.39 is 18.1 Å². The van der Waals surface area contributed by atoms with Gasteiger partial charge in [0.2, 0.25) is 0 Å². The highest BCUT2D eigenvalue weighted by atomic mass is 16.6. The Labute approximate surface area is 131 Å². The Kier molecular flexibility index (Phi) is 5.81. The minimum absolute atomic E-state index is 0.280. The summed E-state index contributed by atoms with van der Waals surface area (Å²) in [5.74, 6) is -0.0239. The van der Waals surface area contributed by atoms with Crippen LogP contribution in [0.25, 0.3) is 0 Å². The molecule has 1 fully saturated rings. The normalized spacial score (nSPS) is 21.5. The van der Waals surface area contributed by atoms with Crippen LogP contribution in [0.1, 0.15) is 44.6 Å². The quantitative estimate of drug-likeness (QED) is 0.787. The molecular formula is C17H23NO4. The fraction of sp³-hybridized carbons (Fsp3) is 0.529. The predicted molar refractivity (Wildman–Crippen MR) is 82.5 cm³/mol. The maximum absolute atomic E-state index is 11.7. The Hall–Kier alpha value is -2.04. The Morgan fingerprint density at radius 3 is 2.64 bits per heavy atom. The van der Waals surface area contributed by atoms with Gasteiger partial charge in [0.15, 0.2) is 6.04 Å². The number of rotatable bonds is 7. The average molecular weight is 305 g/mol. The summed E-state index contributed by atoms with van der Waals surface area (Å²) in [5, 5.41) is 2.53. The van der Waals surface area contributed by atoms with Crippen LogP contribution in [0.15, 0.2) is 30.3 Å². The predicted octanol–water partition coefficient (Wildman–Crippen LogP) is 3.00. The third-order valence-corrected chi connectivity index (χ3v) is 3.91. The second-order valence-corrected chi connectivity index (χ2v) is 5.58. The lowest BCUT2D eigenvalue weighted by Crippen LogP contribution is -2.58. The SMILES string of the molecule is CCCC(CCOC(=O)N[C@H]1C(=O)O[C@H]1C)c1ccccc1. The molecule has 5 nitrogen and oxygen atoms in total. The van der Waals surface area contributed by atoms with Crippen molar-refractivity contribution in [3.8, 4) is 0 Å². The summed E-state index contributed by atoms with van der Waals surface area (Å²) in [6, 6.07) is 9.67. The van der Waals surface area contributed by atoms with E-state index in [0.29, 0.717) is 12.5 Å². The Bertz CT molecular complexity index is 503. The second kappa shape index (κ2) is 7.82. The molecule has 1 N–H and O–H groups in total. The zero-order valence-corrected chi connectivity index (χ0v) is 13.1. The molecule has 0 radical (unpaired) electrons. The topological polar surface area (TPSA) is 64.6 Å². The summed E-state index contributed by atoms with van der Waals surface area (Å²) < 4.78 is 9.96. The lowest BCUT2D eigenvalue weighted by Gasteiger charge is -2.32. The second-order valence-electron chi connectivity index (χ2n) is 5.58. The van der Waals surface area contributed by atoms with E-state index in [9.17, 15) is 9.59 Å². The number of cyclic esters (lactones) is 1. The summed E-state index contributed by atoms with van der Waals surface area (Å²) in [6.45, 7) is 4.22. The van der Waals surface area contributed by atoms with Gasteiger partial charge < -0.3 is 14.8 Å². The van der Waals surface area contributed by atoms with Gasteiger partial charge in [-0.3, -0.25) is 0 Å². The zero-order chi connectivity index (χ0) is 15.9. The lowest BCUT2D eigenvalue weighted by molar-refractivity contribution is -0.174. The maximum Gasteiger partial charge on any atom is 0.407 e. The number of nitrogens with one attached hydrogen (secondary N) is 1. The van der Waals surface area contributed by atoms with Gasteiger partial charge in [0.05, 0.1) is 6.61 Å². The van der Waals surface area contributed by atoms with Crippen molar-refractivity contribution in [2.45, 2.75) is 51.2 Å². The number of hydrogen-bond acceptors (Lipinski definition) is 4. The molecule has 1 unspecified atom stereocenters. The lowest BCUT2D eigenvalue weighted by atomic mass is 9.92. The number of alkyl carbamates (subject to hydrolysis) is 1. The number of ether oxygens (including phenoxy) is 2. The highest BCUT2D eigenvalue weighted by Crippen LogP contribution is 2.24. The molecule has 0 aliphatic carbocycles. The highest BCUT2D eigenvalue weighted by Gasteiger charge is 2.40. The first-order valence-electron chi connectivity index (χ1n) is 7.80. The summed E-state index contributed by atoms with van der Waals surface area (Å²) in [7, 11) is 0. The summed E-state index contributed by atoms with van der Waals surface area (Å²) >= 11 is 0. The van der Waals surface area contributed by atoms with Crippen LogP contribution in [0.4, 0.5) is 4.79 Å². The first kappa shape index (κ1) is 16.3. The summed E-state index contributed by atoms with van der Waals surface area (Å²) in [6.07, 6.45) is 2.07. The molecule has 0 spiro atoms. The molecule has 22 heavy (non-hydrogen) atoms. The van der Waals surface area contributed by atoms with Crippen LogP contribution in [0.2, 0.25) is 0 Å². The molecule has 2 rings (SSSR count). The molecule has 1 amide bonds. The van der Waals surface area contributed by atoms with E-state index in [4.69, 9.17) is 9.47 Å². The van der Waals surface area contributed by atoms with Gasteiger partial charge in [0, 0.05) is 0 Å². The maximum atomic E-state index is 11.7. The van der Waals surface area contributed by atoms with Crippen LogP contribution in [-0.2, 0) is 14.3 Å². The van der Waals surface area contributed by atoms with Crippen molar-refractivity contribution < 1.29 is 19.1 Å². The molecule has 1 heterocycles. The largest absolute Gasteiger partial charge is 0.458 e. The van der Waals surface area contributed by atoms with Crippen LogP contribution in [0.5, 0.6) is 0 Å². The van der Waals surface area contributed by atoms with E-state index in [1.165, 1.54) is 5.56 Å². The van der Waals surface area contributed by atoms with Gasteiger partial charge in [-0.1, -0.05) is 43.7 Å². The van der Waals surface area contributed by atoms with E-state index in [-0.39, 0.29) is 6.10 Å². The van der Waals surface area contributed by atoms with Crippen LogP contribution in [0, 0.1) is 0 Å². The van der Waals surface area contributed by atoms with E-state index >= 15 is 0 Å². The Balaban J connectivity index is 1.76. The smallest absolute Gasteiger partial charge is 0.407 e. The molecule has 0 bridgehead atoms. The standard InChI is InChI=1S/C17H23NO4/c1-3-7-13(14-8-5-4-6-9-14)10-11-21-17(20)18-15-12(2)22-16(15)19/h4-6,8-9,12-13,15H,3,7,10-11H2,1-2H3,(H,18,20)/t12-,13?,15+/m0/s1. The van der Waals surface area contributed by atoms with Crippen LogP contribution in [0.3, 0.4) is 0 Å². The molecule has 3 atom stereocenters. The molecule has 120 valence electrons. The number of carbonyl (C=O) groups excluding carboxylic acids is 2. The zero-order valence-electron chi connectivity index (χ0n) is 13.1. The minimum atomic E-state index is -0.576. The van der Waals surface area contributed by atoms with Gasteiger partial charge >= 0.3 is 12.1 Å².